The molecule has 0 amide bonds. The predicted octanol–water partition coefficient (Wildman–Crippen LogP) is 0.732. The minimum Gasteiger partial charge on any atom is -0.397 e. The smallest absolute Gasteiger partial charge is 0.296 e. The van der Waals surface area contributed by atoms with Gasteiger partial charge in [0.2, 0.25) is 0 Å². The van der Waals surface area contributed by atoms with Crippen LogP contribution in [0.1, 0.15) is 5.56 Å². The van der Waals surface area contributed by atoms with Gasteiger partial charge in [0.25, 0.3) is 15.8 Å². The third-order valence-corrected chi connectivity index (χ3v) is 2.71. The van der Waals surface area contributed by atoms with Crippen LogP contribution in [0.25, 0.3) is 0 Å². The molecule has 1 aromatic carbocycles. The maximum absolute atomic E-state index is 10.8. The number of aryl methyl sites for hydroxylation is 1. The molecule has 0 heterocycles. The fourth-order valence-electron chi connectivity index (χ4n) is 1.11. The van der Waals surface area contributed by atoms with E-state index < -0.39 is 19.9 Å². The summed E-state index contributed by atoms with van der Waals surface area (Å²) in [6.45, 7) is 1.35. The van der Waals surface area contributed by atoms with E-state index in [1.807, 2.05) is 0 Å². The van der Waals surface area contributed by atoms with Crippen molar-refractivity contribution in [1.82, 2.24) is 0 Å². The monoisotopic (exact) mass is 232 g/mol. The molecule has 0 unspecified atom stereocenters. The highest BCUT2D eigenvalue weighted by atomic mass is 32.2. The van der Waals surface area contributed by atoms with Crippen LogP contribution in [0.5, 0.6) is 0 Å². The van der Waals surface area contributed by atoms with Gasteiger partial charge in [-0.3, -0.25) is 14.7 Å². The number of hydrogen-bond donors (Lipinski definition) is 2. The summed E-state index contributed by atoms with van der Waals surface area (Å²) in [6.07, 6.45) is 0. The molecule has 1 rings (SSSR count). The van der Waals surface area contributed by atoms with Crippen LogP contribution >= 0.6 is 0 Å². The van der Waals surface area contributed by atoms with Crippen molar-refractivity contribution in [3.05, 3.63) is 27.8 Å². The van der Waals surface area contributed by atoms with Crippen molar-refractivity contribution in [3.8, 4) is 0 Å². The maximum atomic E-state index is 10.8. The van der Waals surface area contributed by atoms with Crippen molar-refractivity contribution in [1.29, 1.82) is 0 Å². The molecule has 0 aromatic heterocycles. The molecule has 8 heteroatoms. The Kier molecular flexibility index (Phi) is 2.65. The molecular weight excluding hydrogens is 224 g/mol. The lowest BCUT2D eigenvalue weighted by Gasteiger charge is -2.04. The first-order chi connectivity index (χ1) is 6.73. The second kappa shape index (κ2) is 3.48. The van der Waals surface area contributed by atoms with E-state index in [9.17, 15) is 18.5 Å². The number of nitro benzene ring substituents is 1. The summed E-state index contributed by atoms with van der Waals surface area (Å²) in [7, 11) is -4.45. The highest BCUT2D eigenvalue weighted by Crippen LogP contribution is 2.27. The van der Waals surface area contributed by atoms with Gasteiger partial charge in [-0.05, 0) is 13.0 Å². The molecule has 0 saturated carbocycles. The van der Waals surface area contributed by atoms with Crippen LogP contribution in [0, 0.1) is 17.0 Å². The second-order valence-electron chi connectivity index (χ2n) is 2.91. The van der Waals surface area contributed by atoms with Gasteiger partial charge in [0, 0.05) is 11.6 Å². The number of benzene rings is 1. The molecule has 0 aliphatic carbocycles. The van der Waals surface area contributed by atoms with E-state index in [2.05, 4.69) is 0 Å². The Morgan fingerprint density at radius 3 is 2.40 bits per heavy atom. The van der Waals surface area contributed by atoms with Gasteiger partial charge in [0.05, 0.1) is 10.6 Å². The molecule has 1 aromatic rings. The zero-order chi connectivity index (χ0) is 11.8. The van der Waals surface area contributed by atoms with Crippen LogP contribution < -0.4 is 5.73 Å². The Bertz CT molecular complexity index is 522. The number of rotatable bonds is 2. The Morgan fingerprint density at radius 2 is 2.00 bits per heavy atom. The quantitative estimate of drug-likeness (QED) is 0.335. The van der Waals surface area contributed by atoms with Crippen molar-refractivity contribution in [2.75, 3.05) is 5.73 Å². The van der Waals surface area contributed by atoms with E-state index in [1.165, 1.54) is 6.92 Å². The maximum Gasteiger partial charge on any atom is 0.296 e. The lowest BCUT2D eigenvalue weighted by Crippen LogP contribution is -2.05. The molecule has 0 atom stereocenters. The molecule has 15 heavy (non-hydrogen) atoms. The van der Waals surface area contributed by atoms with Gasteiger partial charge in [-0.1, -0.05) is 0 Å². The summed E-state index contributed by atoms with van der Waals surface area (Å²) < 4.78 is 30.3. The SMILES string of the molecule is Cc1cc(S(=O)(=O)O)c(N)cc1[N+](=O)[O-]. The number of nitro groups is 1. The van der Waals surface area contributed by atoms with Gasteiger partial charge in [0.1, 0.15) is 4.90 Å². The summed E-state index contributed by atoms with van der Waals surface area (Å²) in [6, 6.07) is 1.86. The Morgan fingerprint density at radius 1 is 1.47 bits per heavy atom. The zero-order valence-electron chi connectivity index (χ0n) is 7.67. The van der Waals surface area contributed by atoms with E-state index in [0.29, 0.717) is 0 Å². The fourth-order valence-corrected chi connectivity index (χ4v) is 1.79. The summed E-state index contributed by atoms with van der Waals surface area (Å²) in [4.78, 5) is 9.27. The van der Waals surface area contributed by atoms with E-state index in [4.69, 9.17) is 10.3 Å². The average Bonchev–Trinajstić information content (AvgIpc) is 2.06. The minimum absolute atomic E-state index is 0.113. The summed E-state index contributed by atoms with van der Waals surface area (Å²) >= 11 is 0. The van der Waals surface area contributed by atoms with E-state index in [-0.39, 0.29) is 16.9 Å². The molecule has 0 spiro atoms. The molecule has 0 aliphatic rings. The Balaban J connectivity index is 3.52. The molecule has 0 radical (unpaired) electrons. The fraction of sp³-hybridized carbons (Fsp3) is 0.143. The molecule has 82 valence electrons. The van der Waals surface area contributed by atoms with Crippen molar-refractivity contribution in [3.63, 3.8) is 0 Å². The number of nitrogens with zero attached hydrogens (tertiary/aromatic N) is 1. The molecule has 7 nitrogen and oxygen atoms in total. The van der Waals surface area contributed by atoms with Gasteiger partial charge in [-0.2, -0.15) is 8.42 Å². The normalized spacial score (nSPS) is 11.3. The molecule has 0 saturated heterocycles. The molecule has 0 aliphatic heterocycles. The Hall–Kier alpha value is -1.67. The van der Waals surface area contributed by atoms with E-state index in [1.54, 1.807) is 0 Å². The minimum atomic E-state index is -4.45. The average molecular weight is 232 g/mol. The summed E-state index contributed by atoms with van der Waals surface area (Å²) in [5.41, 5.74) is 4.74. The van der Waals surface area contributed by atoms with Gasteiger partial charge >= 0.3 is 0 Å². The lowest BCUT2D eigenvalue weighted by atomic mass is 10.2. The first kappa shape index (κ1) is 11.4. The van der Waals surface area contributed by atoms with Crippen molar-refractivity contribution < 1.29 is 17.9 Å². The number of anilines is 1. The van der Waals surface area contributed by atoms with E-state index >= 15 is 0 Å². The van der Waals surface area contributed by atoms with Crippen molar-refractivity contribution in [2.24, 2.45) is 0 Å². The van der Waals surface area contributed by atoms with Gasteiger partial charge in [-0.15, -0.1) is 0 Å². The third kappa shape index (κ3) is 2.22. The largest absolute Gasteiger partial charge is 0.397 e. The van der Waals surface area contributed by atoms with Gasteiger partial charge in [0.15, 0.2) is 0 Å². The summed E-state index contributed by atoms with van der Waals surface area (Å²) in [5.74, 6) is 0. The van der Waals surface area contributed by atoms with Crippen LogP contribution in [0.2, 0.25) is 0 Å². The highest BCUT2D eigenvalue weighted by Gasteiger charge is 2.20. The zero-order valence-corrected chi connectivity index (χ0v) is 8.48. The molecule has 0 bridgehead atoms. The number of hydrogen-bond acceptors (Lipinski definition) is 5. The lowest BCUT2D eigenvalue weighted by molar-refractivity contribution is -0.385. The Labute approximate surface area is 85.4 Å². The molecule has 0 fully saturated rings. The van der Waals surface area contributed by atoms with Crippen LogP contribution in [-0.4, -0.2) is 17.9 Å². The van der Waals surface area contributed by atoms with Crippen LogP contribution in [0.4, 0.5) is 11.4 Å². The number of nitrogen functional groups attached to an aromatic ring is 1. The molecular formula is C7H8N2O5S. The third-order valence-electron chi connectivity index (χ3n) is 1.80. The van der Waals surface area contributed by atoms with Crippen LogP contribution in [0.15, 0.2) is 17.0 Å². The first-order valence-electron chi connectivity index (χ1n) is 3.75. The van der Waals surface area contributed by atoms with Crippen molar-refractivity contribution >= 4 is 21.5 Å². The standard InChI is InChI=1S/C7H8N2O5S/c1-4-2-7(15(12,13)14)5(8)3-6(4)9(10)11/h2-3H,8H2,1H3,(H,12,13,14). The topological polar surface area (TPSA) is 124 Å². The van der Waals surface area contributed by atoms with E-state index in [0.717, 1.165) is 12.1 Å². The van der Waals surface area contributed by atoms with Crippen molar-refractivity contribution in [2.45, 2.75) is 11.8 Å². The second-order valence-corrected chi connectivity index (χ2v) is 4.30. The predicted molar refractivity (Wildman–Crippen MR) is 52.1 cm³/mol. The first-order valence-corrected chi connectivity index (χ1v) is 5.19. The molecule has 3 N–H and O–H groups in total. The number of nitrogens with two attached hydrogens (primary N) is 1. The highest BCUT2D eigenvalue weighted by molar-refractivity contribution is 7.86. The van der Waals surface area contributed by atoms with Gasteiger partial charge in [-0.25, -0.2) is 0 Å². The summed E-state index contributed by atoms with van der Waals surface area (Å²) in [5, 5.41) is 10.5. The van der Waals surface area contributed by atoms with Crippen LogP contribution in [-0.2, 0) is 10.1 Å². The van der Waals surface area contributed by atoms with Gasteiger partial charge < -0.3 is 5.73 Å². The van der Waals surface area contributed by atoms with Crippen LogP contribution in [0.3, 0.4) is 0 Å².